The Labute approximate surface area is 129 Å². The van der Waals surface area contributed by atoms with Crippen LogP contribution < -0.4 is 0 Å². The lowest BCUT2D eigenvalue weighted by molar-refractivity contribution is 0.102. The molecule has 2 atom stereocenters. The molecule has 1 aliphatic heterocycles. The zero-order chi connectivity index (χ0) is 14.9. The van der Waals surface area contributed by atoms with Crippen molar-refractivity contribution >= 4 is 0 Å². The highest BCUT2D eigenvalue weighted by Gasteiger charge is 2.32. The van der Waals surface area contributed by atoms with Crippen molar-refractivity contribution in [2.24, 2.45) is 5.92 Å². The van der Waals surface area contributed by atoms with Crippen LogP contribution in [0.4, 0.5) is 0 Å². The van der Waals surface area contributed by atoms with E-state index in [1.807, 2.05) is 4.68 Å². The predicted octanol–water partition coefficient (Wildman–Crippen LogP) is 2.01. The molecule has 4 rings (SSSR count). The van der Waals surface area contributed by atoms with Crippen LogP contribution in [-0.4, -0.2) is 42.9 Å². The van der Waals surface area contributed by atoms with Crippen molar-refractivity contribution in [3.63, 3.8) is 0 Å². The number of rotatable bonds is 5. The van der Waals surface area contributed by atoms with Crippen molar-refractivity contribution in [2.45, 2.75) is 51.1 Å². The second-order valence-corrected chi connectivity index (χ2v) is 6.56. The Morgan fingerprint density at radius 3 is 3.05 bits per heavy atom. The number of aromatic nitrogens is 5. The maximum atomic E-state index is 5.49. The van der Waals surface area contributed by atoms with Gasteiger partial charge in [-0.3, -0.25) is 9.58 Å². The van der Waals surface area contributed by atoms with Crippen molar-refractivity contribution in [3.8, 4) is 0 Å². The zero-order valence-electron chi connectivity index (χ0n) is 12.9. The van der Waals surface area contributed by atoms with Crippen LogP contribution in [0.2, 0.25) is 0 Å². The third-order valence-corrected chi connectivity index (χ3v) is 4.77. The van der Waals surface area contributed by atoms with Crippen LogP contribution in [0.25, 0.3) is 0 Å². The molecule has 0 radical (unpaired) electrons. The van der Waals surface area contributed by atoms with Gasteiger partial charge in [0.2, 0.25) is 5.89 Å². The Kier molecular flexibility index (Phi) is 3.65. The third kappa shape index (κ3) is 2.90. The number of piperidine rings is 1. The maximum Gasteiger partial charge on any atom is 0.243 e. The molecule has 1 aliphatic carbocycles. The number of hydrogen-bond acceptors (Lipinski definition) is 6. The fraction of sp³-hybridized carbons (Fsp3) is 0.733. The van der Waals surface area contributed by atoms with Crippen molar-refractivity contribution in [1.29, 1.82) is 0 Å². The van der Waals surface area contributed by atoms with E-state index in [4.69, 9.17) is 4.52 Å². The van der Waals surface area contributed by atoms with Gasteiger partial charge in [0.15, 0.2) is 5.82 Å². The summed E-state index contributed by atoms with van der Waals surface area (Å²) in [6.07, 6.45) is 8.24. The number of likely N-dealkylation sites (tertiary alicyclic amines) is 1. The first kappa shape index (κ1) is 13.9. The molecule has 2 aromatic rings. The summed E-state index contributed by atoms with van der Waals surface area (Å²) in [7, 11) is 0. The molecule has 3 heterocycles. The molecule has 7 nitrogen and oxygen atoms in total. The van der Waals surface area contributed by atoms with Gasteiger partial charge in [0.05, 0.1) is 6.04 Å². The normalized spacial score (nSPS) is 24.5. The Balaban J connectivity index is 1.39. The number of nitrogens with zero attached hydrogens (tertiary/aromatic N) is 6. The largest absolute Gasteiger partial charge is 0.338 e. The third-order valence-electron chi connectivity index (χ3n) is 4.77. The molecule has 2 aromatic heterocycles. The van der Waals surface area contributed by atoms with Gasteiger partial charge in [-0.2, -0.15) is 10.1 Å². The van der Waals surface area contributed by atoms with Crippen LogP contribution in [0, 0.1) is 5.92 Å². The van der Waals surface area contributed by atoms with Gasteiger partial charge in [-0.1, -0.05) is 5.16 Å². The zero-order valence-corrected chi connectivity index (χ0v) is 12.9. The molecule has 0 N–H and O–H groups in total. The summed E-state index contributed by atoms with van der Waals surface area (Å²) in [5.41, 5.74) is 0. The summed E-state index contributed by atoms with van der Waals surface area (Å²) < 4.78 is 7.42. The van der Waals surface area contributed by atoms with Gasteiger partial charge in [0.25, 0.3) is 0 Å². The molecular weight excluding hydrogens is 280 g/mol. The fourth-order valence-corrected chi connectivity index (χ4v) is 3.27. The minimum atomic E-state index is 0.193. The van der Waals surface area contributed by atoms with E-state index < -0.39 is 0 Å². The fourth-order valence-electron chi connectivity index (χ4n) is 3.27. The lowest BCUT2D eigenvalue weighted by Gasteiger charge is -2.35. The smallest absolute Gasteiger partial charge is 0.243 e. The summed E-state index contributed by atoms with van der Waals surface area (Å²) in [6.45, 7) is 5.24. The Morgan fingerprint density at radius 1 is 1.36 bits per heavy atom. The molecule has 1 saturated heterocycles. The van der Waals surface area contributed by atoms with Gasteiger partial charge in [-0.15, -0.1) is 0 Å². The SMILES string of the molecule is C[C@H](c1nc(C2CC2)no1)N1CCC[C@H](Cn2cncn2)C1. The van der Waals surface area contributed by atoms with Crippen molar-refractivity contribution in [3.05, 3.63) is 24.4 Å². The molecular formula is C15H22N6O. The average molecular weight is 302 g/mol. The summed E-state index contributed by atoms with van der Waals surface area (Å²) in [5, 5.41) is 8.35. The van der Waals surface area contributed by atoms with Crippen molar-refractivity contribution < 1.29 is 4.52 Å². The molecule has 0 bridgehead atoms. The second kappa shape index (κ2) is 5.79. The van der Waals surface area contributed by atoms with E-state index in [-0.39, 0.29) is 6.04 Å². The van der Waals surface area contributed by atoms with Gasteiger partial charge in [-0.25, -0.2) is 4.98 Å². The minimum Gasteiger partial charge on any atom is -0.338 e. The second-order valence-electron chi connectivity index (χ2n) is 6.56. The highest BCUT2D eigenvalue weighted by Crippen LogP contribution is 2.38. The van der Waals surface area contributed by atoms with E-state index in [0.717, 1.165) is 31.3 Å². The van der Waals surface area contributed by atoms with E-state index in [2.05, 4.69) is 32.0 Å². The monoisotopic (exact) mass is 302 g/mol. The van der Waals surface area contributed by atoms with Gasteiger partial charge in [0, 0.05) is 19.0 Å². The lowest BCUT2D eigenvalue weighted by Crippen LogP contribution is -2.38. The molecule has 1 saturated carbocycles. The highest BCUT2D eigenvalue weighted by atomic mass is 16.5. The molecule has 0 unspecified atom stereocenters. The van der Waals surface area contributed by atoms with Gasteiger partial charge >= 0.3 is 0 Å². The first-order valence-electron chi connectivity index (χ1n) is 8.19. The standard InChI is InChI=1S/C15H22N6O/c1-11(15-18-14(19-22-15)13-4-5-13)20-6-2-3-12(7-20)8-21-10-16-9-17-21/h9-13H,2-8H2,1H3/t11-,12+/m1/s1. The van der Waals surface area contributed by atoms with E-state index >= 15 is 0 Å². The van der Waals surface area contributed by atoms with Crippen LogP contribution in [0.5, 0.6) is 0 Å². The van der Waals surface area contributed by atoms with E-state index in [9.17, 15) is 0 Å². The summed E-state index contributed by atoms with van der Waals surface area (Å²) >= 11 is 0. The lowest BCUT2D eigenvalue weighted by atomic mass is 9.97. The maximum absolute atomic E-state index is 5.49. The molecule has 118 valence electrons. The molecule has 0 amide bonds. The predicted molar refractivity (Wildman–Crippen MR) is 79.0 cm³/mol. The first-order valence-corrected chi connectivity index (χ1v) is 8.19. The van der Waals surface area contributed by atoms with Crippen LogP contribution in [0.15, 0.2) is 17.2 Å². The van der Waals surface area contributed by atoms with Gasteiger partial charge in [0.1, 0.15) is 12.7 Å². The highest BCUT2D eigenvalue weighted by molar-refractivity contribution is 5.04. The Morgan fingerprint density at radius 2 is 2.27 bits per heavy atom. The molecule has 2 aliphatic rings. The quantitative estimate of drug-likeness (QED) is 0.841. The summed E-state index contributed by atoms with van der Waals surface area (Å²) in [6, 6.07) is 0.193. The van der Waals surface area contributed by atoms with Crippen LogP contribution in [-0.2, 0) is 6.54 Å². The molecule has 22 heavy (non-hydrogen) atoms. The summed E-state index contributed by atoms with van der Waals surface area (Å²) in [5.74, 6) is 2.82. The van der Waals surface area contributed by atoms with Gasteiger partial charge < -0.3 is 4.52 Å². The molecule has 0 spiro atoms. The summed E-state index contributed by atoms with van der Waals surface area (Å²) in [4.78, 5) is 11.1. The van der Waals surface area contributed by atoms with Crippen molar-refractivity contribution in [2.75, 3.05) is 13.1 Å². The van der Waals surface area contributed by atoms with E-state index in [0.29, 0.717) is 11.8 Å². The van der Waals surface area contributed by atoms with Crippen LogP contribution in [0.3, 0.4) is 0 Å². The van der Waals surface area contributed by atoms with Crippen LogP contribution in [0.1, 0.15) is 56.3 Å². The van der Waals surface area contributed by atoms with Crippen molar-refractivity contribution in [1.82, 2.24) is 29.8 Å². The molecule has 7 heteroatoms. The van der Waals surface area contributed by atoms with E-state index in [1.165, 1.54) is 25.7 Å². The van der Waals surface area contributed by atoms with E-state index in [1.54, 1.807) is 12.7 Å². The number of hydrogen-bond donors (Lipinski definition) is 0. The minimum absolute atomic E-state index is 0.193. The first-order chi connectivity index (χ1) is 10.8. The molecule has 2 fully saturated rings. The molecule has 0 aromatic carbocycles. The topological polar surface area (TPSA) is 72.9 Å². The van der Waals surface area contributed by atoms with Crippen LogP contribution >= 0.6 is 0 Å². The Bertz CT molecular complexity index is 605. The van der Waals surface area contributed by atoms with Gasteiger partial charge in [-0.05, 0) is 45.1 Å². The Hall–Kier alpha value is -1.76. The average Bonchev–Trinajstić information content (AvgIpc) is 3.06.